The lowest BCUT2D eigenvalue weighted by molar-refractivity contribution is -0.139. The largest absolute Gasteiger partial charge is 0.511 e. The molecule has 1 amide bonds. The van der Waals surface area contributed by atoms with Crippen LogP contribution in [0.3, 0.4) is 0 Å². The van der Waals surface area contributed by atoms with Crippen molar-refractivity contribution >= 4 is 21.9 Å². The van der Waals surface area contributed by atoms with Crippen LogP contribution in [0.1, 0.15) is 12.8 Å². The molecule has 0 unspecified atom stereocenters. The van der Waals surface area contributed by atoms with Gasteiger partial charge in [0.1, 0.15) is 6.04 Å². The van der Waals surface area contributed by atoms with E-state index in [0.717, 1.165) is 4.72 Å². The molecule has 1 atom stereocenters. The van der Waals surface area contributed by atoms with E-state index in [4.69, 9.17) is 5.11 Å². The third-order valence-electron chi connectivity index (χ3n) is 1.58. The third kappa shape index (κ3) is 4.99. The number of aliphatic carboxylic acids is 1. The highest BCUT2D eigenvalue weighted by Crippen LogP contribution is 2.22. The molecule has 0 fully saturated rings. The standard InChI is InChI=1S/C6H9F3N2O5S/c7-6(8,9)17(15,16)11-3(5(13)14)1-2-4(10)12/h3,11H,1-2H2,(H2,10,12)(H,13,14)/t3-/m0/s1. The van der Waals surface area contributed by atoms with Gasteiger partial charge in [0.15, 0.2) is 0 Å². The van der Waals surface area contributed by atoms with Gasteiger partial charge in [-0.15, -0.1) is 0 Å². The molecule has 0 saturated carbocycles. The van der Waals surface area contributed by atoms with Crippen molar-refractivity contribution in [2.24, 2.45) is 5.73 Å². The molecule has 0 heterocycles. The minimum Gasteiger partial charge on any atom is -0.480 e. The number of hydrogen-bond acceptors (Lipinski definition) is 4. The number of carboxylic acids is 1. The fourth-order valence-corrected chi connectivity index (χ4v) is 1.50. The molecule has 0 aliphatic rings. The van der Waals surface area contributed by atoms with Crippen molar-refractivity contribution in [2.75, 3.05) is 0 Å². The molecular formula is C6H9F3N2O5S. The van der Waals surface area contributed by atoms with Gasteiger partial charge in [0.05, 0.1) is 0 Å². The fraction of sp³-hybridized carbons (Fsp3) is 0.667. The summed E-state index contributed by atoms with van der Waals surface area (Å²) in [4.78, 5) is 20.8. The molecule has 0 bridgehead atoms. The van der Waals surface area contributed by atoms with Crippen LogP contribution in [0.2, 0.25) is 0 Å². The van der Waals surface area contributed by atoms with E-state index < -0.39 is 46.3 Å². The molecule has 0 radical (unpaired) electrons. The number of sulfonamides is 1. The number of carboxylic acid groups (broad SMARTS) is 1. The smallest absolute Gasteiger partial charge is 0.480 e. The maximum Gasteiger partial charge on any atom is 0.511 e. The molecule has 0 aromatic rings. The zero-order chi connectivity index (χ0) is 13.9. The summed E-state index contributed by atoms with van der Waals surface area (Å²) in [7, 11) is -5.77. The second-order valence-corrected chi connectivity index (χ2v) is 4.67. The van der Waals surface area contributed by atoms with Crippen LogP contribution in [0.15, 0.2) is 0 Å². The first-order chi connectivity index (χ1) is 7.47. The SMILES string of the molecule is NC(=O)CC[C@H](NS(=O)(=O)C(F)(F)F)C(=O)O. The molecule has 11 heteroatoms. The van der Waals surface area contributed by atoms with Crippen molar-refractivity contribution in [2.45, 2.75) is 24.4 Å². The van der Waals surface area contributed by atoms with Gasteiger partial charge in [-0.25, -0.2) is 8.42 Å². The number of halogens is 3. The number of hydrogen-bond donors (Lipinski definition) is 3. The van der Waals surface area contributed by atoms with E-state index in [2.05, 4.69) is 5.73 Å². The van der Waals surface area contributed by atoms with Crippen LogP contribution in [0, 0.1) is 0 Å². The predicted octanol–water partition coefficient (Wildman–Crippen LogP) is -0.856. The van der Waals surface area contributed by atoms with E-state index in [1.165, 1.54) is 0 Å². The van der Waals surface area contributed by atoms with E-state index in [1.807, 2.05) is 0 Å². The minimum absolute atomic E-state index is 0.558. The summed E-state index contributed by atoms with van der Waals surface area (Å²) >= 11 is 0. The van der Waals surface area contributed by atoms with Crippen LogP contribution < -0.4 is 10.5 Å². The quantitative estimate of drug-likeness (QED) is 0.583. The molecule has 4 N–H and O–H groups in total. The number of nitrogens with one attached hydrogen (secondary N) is 1. The molecule has 0 saturated heterocycles. The highest BCUT2D eigenvalue weighted by atomic mass is 32.2. The highest BCUT2D eigenvalue weighted by Gasteiger charge is 2.47. The number of rotatable bonds is 6. The molecule has 0 spiro atoms. The number of carbonyl (C=O) groups excluding carboxylic acids is 1. The fourth-order valence-electron chi connectivity index (χ4n) is 0.774. The Bertz CT molecular complexity index is 404. The van der Waals surface area contributed by atoms with Crippen molar-refractivity contribution in [1.29, 1.82) is 0 Å². The molecule has 0 aromatic carbocycles. The Hall–Kier alpha value is -1.36. The van der Waals surface area contributed by atoms with Gasteiger partial charge < -0.3 is 10.8 Å². The Morgan fingerprint density at radius 2 is 1.82 bits per heavy atom. The van der Waals surface area contributed by atoms with Crippen LogP contribution in [-0.4, -0.2) is 37.0 Å². The first kappa shape index (κ1) is 15.6. The number of alkyl halides is 3. The van der Waals surface area contributed by atoms with Crippen LogP contribution in [0.5, 0.6) is 0 Å². The highest BCUT2D eigenvalue weighted by molar-refractivity contribution is 7.90. The van der Waals surface area contributed by atoms with E-state index in [9.17, 15) is 31.2 Å². The van der Waals surface area contributed by atoms with Crippen LogP contribution >= 0.6 is 0 Å². The van der Waals surface area contributed by atoms with Gasteiger partial charge in [-0.3, -0.25) is 9.59 Å². The van der Waals surface area contributed by atoms with Gasteiger partial charge in [-0.05, 0) is 6.42 Å². The monoisotopic (exact) mass is 278 g/mol. The number of carbonyl (C=O) groups is 2. The zero-order valence-corrected chi connectivity index (χ0v) is 9.01. The molecule has 0 rings (SSSR count). The van der Waals surface area contributed by atoms with E-state index in [0.29, 0.717) is 0 Å². The lowest BCUT2D eigenvalue weighted by atomic mass is 10.2. The summed E-state index contributed by atoms with van der Waals surface area (Å²) in [5.41, 5.74) is -0.959. The average molecular weight is 278 g/mol. The average Bonchev–Trinajstić information content (AvgIpc) is 2.09. The normalized spacial score (nSPS) is 14.3. The number of amides is 1. The molecule has 0 aliphatic heterocycles. The van der Waals surface area contributed by atoms with Gasteiger partial charge in [-0.2, -0.15) is 17.9 Å². The zero-order valence-electron chi connectivity index (χ0n) is 8.19. The molecule has 17 heavy (non-hydrogen) atoms. The van der Waals surface area contributed by atoms with E-state index in [-0.39, 0.29) is 0 Å². The van der Waals surface area contributed by atoms with Crippen LogP contribution in [0.4, 0.5) is 13.2 Å². The topological polar surface area (TPSA) is 127 Å². The minimum atomic E-state index is -5.77. The van der Waals surface area contributed by atoms with Crippen molar-refractivity contribution < 1.29 is 36.3 Å². The third-order valence-corrected chi connectivity index (χ3v) is 2.78. The van der Waals surface area contributed by atoms with Crippen molar-refractivity contribution in [3.05, 3.63) is 0 Å². The predicted molar refractivity (Wildman–Crippen MR) is 48.0 cm³/mol. The lowest BCUT2D eigenvalue weighted by Crippen LogP contribution is -2.46. The van der Waals surface area contributed by atoms with Crippen LogP contribution in [-0.2, 0) is 19.6 Å². The van der Waals surface area contributed by atoms with Gasteiger partial charge in [0.2, 0.25) is 5.91 Å². The van der Waals surface area contributed by atoms with Crippen molar-refractivity contribution in [3.63, 3.8) is 0 Å². The summed E-state index contributed by atoms with van der Waals surface area (Å²) < 4.78 is 57.9. The molecule has 0 aromatic heterocycles. The molecule has 7 nitrogen and oxygen atoms in total. The second-order valence-electron chi connectivity index (χ2n) is 2.96. The molecular weight excluding hydrogens is 269 g/mol. The molecule has 0 aliphatic carbocycles. The van der Waals surface area contributed by atoms with E-state index in [1.54, 1.807) is 0 Å². The van der Waals surface area contributed by atoms with Gasteiger partial charge >= 0.3 is 21.5 Å². The van der Waals surface area contributed by atoms with Crippen LogP contribution in [0.25, 0.3) is 0 Å². The Morgan fingerprint density at radius 1 is 1.35 bits per heavy atom. The first-order valence-electron chi connectivity index (χ1n) is 4.07. The Kier molecular flexibility index (Phi) is 4.89. The second kappa shape index (κ2) is 5.31. The summed E-state index contributed by atoms with van der Waals surface area (Å²) in [5.74, 6) is -2.79. The Morgan fingerprint density at radius 3 is 2.12 bits per heavy atom. The van der Waals surface area contributed by atoms with Gasteiger partial charge in [-0.1, -0.05) is 0 Å². The maximum absolute atomic E-state index is 11.9. The number of nitrogens with two attached hydrogens (primary N) is 1. The van der Waals surface area contributed by atoms with Gasteiger partial charge in [0, 0.05) is 6.42 Å². The number of primary amides is 1. The van der Waals surface area contributed by atoms with Gasteiger partial charge in [0.25, 0.3) is 0 Å². The van der Waals surface area contributed by atoms with E-state index >= 15 is 0 Å². The lowest BCUT2D eigenvalue weighted by Gasteiger charge is -2.15. The first-order valence-corrected chi connectivity index (χ1v) is 5.55. The molecule has 100 valence electrons. The Labute approximate surface area is 93.8 Å². The maximum atomic E-state index is 11.9. The summed E-state index contributed by atoms with van der Waals surface area (Å²) in [6, 6.07) is -2.06. The van der Waals surface area contributed by atoms with Crippen molar-refractivity contribution in [1.82, 2.24) is 4.72 Å². The summed E-state index contributed by atoms with van der Waals surface area (Å²) in [6.07, 6.45) is -1.22. The summed E-state index contributed by atoms with van der Waals surface area (Å²) in [6.45, 7) is 0. The summed E-state index contributed by atoms with van der Waals surface area (Å²) in [5, 5.41) is 8.47. The van der Waals surface area contributed by atoms with Crippen molar-refractivity contribution in [3.8, 4) is 0 Å². The Balaban J connectivity index is 4.79.